The van der Waals surface area contributed by atoms with E-state index in [1.165, 1.54) is 0 Å². The molecule has 0 aliphatic carbocycles. The van der Waals surface area contributed by atoms with Gasteiger partial charge >= 0.3 is 0 Å². The first-order chi connectivity index (χ1) is 11.9. The second-order valence-electron chi connectivity index (χ2n) is 5.96. The third-order valence-electron chi connectivity index (χ3n) is 3.87. The molecule has 0 radical (unpaired) electrons. The average molecular weight is 386 g/mol. The maximum absolute atomic E-state index is 11.5. The molecule has 2 atom stereocenters. The van der Waals surface area contributed by atoms with Gasteiger partial charge in [0.05, 0.1) is 29.2 Å². The molecule has 0 saturated carbocycles. The van der Waals surface area contributed by atoms with Gasteiger partial charge in [-0.15, -0.1) is 0 Å². The summed E-state index contributed by atoms with van der Waals surface area (Å²) in [5, 5.41) is 4.71. The summed E-state index contributed by atoms with van der Waals surface area (Å²) in [4.78, 5) is 0. The van der Waals surface area contributed by atoms with Crippen molar-refractivity contribution in [1.29, 1.82) is 0 Å². The Balaban J connectivity index is 1.60. The predicted molar refractivity (Wildman–Crippen MR) is 94.8 cm³/mol. The first-order valence-corrected chi connectivity index (χ1v) is 10.2. The quantitative estimate of drug-likeness (QED) is 0.822. The molecule has 2 heterocycles. The van der Waals surface area contributed by atoms with Gasteiger partial charge in [0.1, 0.15) is 18.5 Å². The fourth-order valence-electron chi connectivity index (χ4n) is 2.73. The number of rotatable bonds is 6. The van der Waals surface area contributed by atoms with E-state index in [-0.39, 0.29) is 18.8 Å². The van der Waals surface area contributed by atoms with Crippen LogP contribution >= 0.6 is 11.6 Å². The highest BCUT2D eigenvalue weighted by Crippen LogP contribution is 2.19. The summed E-state index contributed by atoms with van der Waals surface area (Å²) in [6.07, 6.45) is 5.69. The minimum absolute atomic E-state index is 0.269. The highest BCUT2D eigenvalue weighted by Gasteiger charge is 2.28. The maximum atomic E-state index is 11.5. The van der Waals surface area contributed by atoms with Gasteiger partial charge in [-0.1, -0.05) is 11.6 Å². The van der Waals surface area contributed by atoms with Crippen LogP contribution in [0.15, 0.2) is 36.7 Å². The van der Waals surface area contributed by atoms with Crippen molar-refractivity contribution in [1.82, 2.24) is 14.5 Å². The van der Waals surface area contributed by atoms with E-state index in [1.54, 1.807) is 17.1 Å². The summed E-state index contributed by atoms with van der Waals surface area (Å²) in [5.74, 6) is 0.675. The van der Waals surface area contributed by atoms with Crippen LogP contribution in [0.3, 0.4) is 0 Å². The van der Waals surface area contributed by atoms with Gasteiger partial charge in [-0.25, -0.2) is 17.8 Å². The number of halogens is 1. The lowest BCUT2D eigenvalue weighted by Crippen LogP contribution is -2.49. The van der Waals surface area contributed by atoms with Crippen LogP contribution in [-0.4, -0.2) is 49.8 Å². The van der Waals surface area contributed by atoms with Gasteiger partial charge in [-0.2, -0.15) is 5.10 Å². The van der Waals surface area contributed by atoms with Crippen LogP contribution in [0.5, 0.6) is 5.75 Å². The highest BCUT2D eigenvalue weighted by molar-refractivity contribution is 7.88. The summed E-state index contributed by atoms with van der Waals surface area (Å²) in [5.41, 5.74) is 0.866. The summed E-state index contributed by atoms with van der Waals surface area (Å²) in [7, 11) is -3.28. The number of nitrogens with one attached hydrogen (secondary N) is 1. The molecule has 25 heavy (non-hydrogen) atoms. The number of hydrogen-bond donors (Lipinski definition) is 1. The zero-order valence-electron chi connectivity index (χ0n) is 13.8. The molecule has 1 aliphatic rings. The van der Waals surface area contributed by atoms with Gasteiger partial charge in [-0.3, -0.25) is 0 Å². The molecule has 1 aromatic heterocycles. The second-order valence-corrected chi connectivity index (χ2v) is 8.17. The largest absolute Gasteiger partial charge is 0.491 e. The van der Waals surface area contributed by atoms with E-state index >= 15 is 0 Å². The van der Waals surface area contributed by atoms with E-state index in [0.29, 0.717) is 17.4 Å². The standard InChI is InChI=1S/C16H20ClN3O4S/c1-25(21,22)19-15-3-2-8-23-16(15)11-24-14-6-4-13(5-7-14)20-10-12(17)9-18-20/h4-7,9-10,15-16,19H,2-3,8,11H2,1H3/t15-,16+/m0/s1. The molecular weight excluding hydrogens is 366 g/mol. The smallest absolute Gasteiger partial charge is 0.209 e. The molecule has 1 N–H and O–H groups in total. The first-order valence-electron chi connectivity index (χ1n) is 7.93. The van der Waals surface area contributed by atoms with Gasteiger partial charge < -0.3 is 9.47 Å². The van der Waals surface area contributed by atoms with E-state index < -0.39 is 10.0 Å². The first kappa shape index (κ1) is 18.2. The molecule has 2 aromatic rings. The molecule has 0 bridgehead atoms. The molecule has 1 aliphatic heterocycles. The van der Waals surface area contributed by atoms with Crippen molar-refractivity contribution in [2.45, 2.75) is 25.0 Å². The molecule has 1 aromatic carbocycles. The minimum atomic E-state index is -3.28. The Morgan fingerprint density at radius 3 is 2.80 bits per heavy atom. The van der Waals surface area contributed by atoms with Crippen LogP contribution in [-0.2, 0) is 14.8 Å². The molecule has 0 unspecified atom stereocenters. The normalized spacial score (nSPS) is 21.2. The van der Waals surface area contributed by atoms with Crippen molar-refractivity contribution in [2.24, 2.45) is 0 Å². The minimum Gasteiger partial charge on any atom is -0.491 e. The van der Waals surface area contributed by atoms with Gasteiger partial charge in [0, 0.05) is 12.8 Å². The molecule has 3 rings (SSSR count). The van der Waals surface area contributed by atoms with Crippen molar-refractivity contribution in [2.75, 3.05) is 19.5 Å². The fourth-order valence-corrected chi connectivity index (χ4v) is 3.69. The van der Waals surface area contributed by atoms with Gasteiger partial charge in [0.15, 0.2) is 0 Å². The van der Waals surface area contributed by atoms with Crippen LogP contribution < -0.4 is 9.46 Å². The van der Waals surface area contributed by atoms with Crippen molar-refractivity contribution in [3.63, 3.8) is 0 Å². The summed E-state index contributed by atoms with van der Waals surface area (Å²) >= 11 is 5.87. The zero-order chi connectivity index (χ0) is 17.9. The molecule has 136 valence electrons. The molecule has 0 spiro atoms. The Morgan fingerprint density at radius 2 is 2.16 bits per heavy atom. The zero-order valence-corrected chi connectivity index (χ0v) is 15.3. The van der Waals surface area contributed by atoms with Crippen molar-refractivity contribution >= 4 is 21.6 Å². The van der Waals surface area contributed by atoms with E-state index in [0.717, 1.165) is 24.8 Å². The van der Waals surface area contributed by atoms with Crippen LogP contribution in [0.1, 0.15) is 12.8 Å². The number of benzene rings is 1. The number of hydrogen-bond acceptors (Lipinski definition) is 5. The van der Waals surface area contributed by atoms with Crippen molar-refractivity contribution in [3.05, 3.63) is 41.7 Å². The van der Waals surface area contributed by atoms with Gasteiger partial charge in [-0.05, 0) is 37.1 Å². The number of ether oxygens (including phenoxy) is 2. The fraction of sp³-hybridized carbons (Fsp3) is 0.438. The van der Waals surface area contributed by atoms with Crippen LogP contribution in [0.25, 0.3) is 5.69 Å². The van der Waals surface area contributed by atoms with Crippen LogP contribution in [0.4, 0.5) is 0 Å². The molecule has 9 heteroatoms. The molecule has 1 fully saturated rings. The Kier molecular flexibility index (Phi) is 5.63. The highest BCUT2D eigenvalue weighted by atomic mass is 35.5. The Bertz CT molecular complexity index is 807. The molecule has 0 amide bonds. The maximum Gasteiger partial charge on any atom is 0.209 e. The van der Waals surface area contributed by atoms with E-state index in [2.05, 4.69) is 9.82 Å². The average Bonchev–Trinajstić information content (AvgIpc) is 3.00. The molecule has 7 nitrogen and oxygen atoms in total. The molecular formula is C16H20ClN3O4S. The van der Waals surface area contributed by atoms with E-state index in [1.807, 2.05) is 24.3 Å². The lowest BCUT2D eigenvalue weighted by atomic mass is 10.0. The predicted octanol–water partition coefficient (Wildman–Crippen LogP) is 2.00. The second kappa shape index (κ2) is 7.74. The molecule has 1 saturated heterocycles. The van der Waals surface area contributed by atoms with Gasteiger partial charge in [0.2, 0.25) is 10.0 Å². The van der Waals surface area contributed by atoms with Crippen LogP contribution in [0.2, 0.25) is 5.02 Å². The monoisotopic (exact) mass is 385 g/mol. The van der Waals surface area contributed by atoms with E-state index in [4.69, 9.17) is 21.1 Å². The Morgan fingerprint density at radius 1 is 1.40 bits per heavy atom. The van der Waals surface area contributed by atoms with Crippen molar-refractivity contribution in [3.8, 4) is 11.4 Å². The van der Waals surface area contributed by atoms with Crippen molar-refractivity contribution < 1.29 is 17.9 Å². The van der Waals surface area contributed by atoms with Crippen LogP contribution in [0, 0.1) is 0 Å². The SMILES string of the molecule is CS(=O)(=O)N[C@H]1CCCO[C@@H]1COc1ccc(-n2cc(Cl)cn2)cc1. The van der Waals surface area contributed by atoms with Gasteiger partial charge in [0.25, 0.3) is 0 Å². The number of nitrogens with zero attached hydrogens (tertiary/aromatic N) is 2. The van der Waals surface area contributed by atoms with E-state index in [9.17, 15) is 8.42 Å². The number of sulfonamides is 1. The summed E-state index contributed by atoms with van der Waals surface area (Å²) in [6.45, 7) is 0.884. The Hall–Kier alpha value is -1.61. The third kappa shape index (κ3) is 5.18. The Labute approximate surface area is 151 Å². The summed E-state index contributed by atoms with van der Waals surface area (Å²) < 4.78 is 38.7. The topological polar surface area (TPSA) is 82.5 Å². The number of aromatic nitrogens is 2. The summed E-state index contributed by atoms with van der Waals surface area (Å²) in [6, 6.07) is 7.12. The third-order valence-corrected chi connectivity index (χ3v) is 4.80. The lowest BCUT2D eigenvalue weighted by molar-refractivity contribution is -0.0278. The lowest BCUT2D eigenvalue weighted by Gasteiger charge is -2.31.